The number of anilines is 2. The highest BCUT2D eigenvalue weighted by molar-refractivity contribution is 7.09. The molecule has 2 aromatic carbocycles. The molecule has 0 unspecified atom stereocenters. The zero-order chi connectivity index (χ0) is 15.6. The normalized spacial score (nSPS) is 11.9. The molecule has 0 bridgehead atoms. The van der Waals surface area contributed by atoms with Gasteiger partial charge in [-0.2, -0.15) is 0 Å². The van der Waals surface area contributed by atoms with E-state index in [0.717, 1.165) is 33.8 Å². The monoisotopic (exact) mass is 318 g/mol. The molecule has 4 nitrogen and oxygen atoms in total. The first kappa shape index (κ1) is 12.8. The van der Waals surface area contributed by atoms with Crippen molar-refractivity contribution < 1.29 is 0 Å². The maximum atomic E-state index is 4.87. The van der Waals surface area contributed by atoms with Crippen molar-refractivity contribution in [3.63, 3.8) is 0 Å². The van der Waals surface area contributed by atoms with Gasteiger partial charge in [0, 0.05) is 58.1 Å². The average Bonchev–Trinajstić information content (AvgIpc) is 3.17. The summed E-state index contributed by atoms with van der Waals surface area (Å²) in [6.45, 7) is 0. The van der Waals surface area contributed by atoms with Crippen molar-refractivity contribution in [2.75, 3.05) is 24.7 Å². The van der Waals surface area contributed by atoms with E-state index < -0.39 is 0 Å². The maximum Gasteiger partial charge on any atom is 0.100 e. The summed E-state index contributed by atoms with van der Waals surface area (Å²) < 4.78 is 0. The number of nitrogens with one attached hydrogen (secondary N) is 2. The van der Waals surface area contributed by atoms with Crippen LogP contribution in [0.15, 0.2) is 35.0 Å². The van der Waals surface area contributed by atoms with E-state index in [1.807, 2.05) is 14.1 Å². The molecule has 0 atom stereocenters. The highest BCUT2D eigenvalue weighted by Gasteiger charge is 2.27. The molecule has 2 aromatic heterocycles. The molecule has 0 aliphatic heterocycles. The molecule has 1 aliphatic carbocycles. The Kier molecular flexibility index (Phi) is 2.47. The van der Waals surface area contributed by atoms with Gasteiger partial charge in [0.1, 0.15) is 11.0 Å². The zero-order valence-electron chi connectivity index (χ0n) is 12.8. The van der Waals surface area contributed by atoms with Gasteiger partial charge in [-0.05, 0) is 12.1 Å². The largest absolute Gasteiger partial charge is 0.388 e. The number of fused-ring (bicyclic) bond motifs is 4. The van der Waals surface area contributed by atoms with Crippen molar-refractivity contribution in [1.82, 2.24) is 9.97 Å². The van der Waals surface area contributed by atoms with Crippen LogP contribution in [0.25, 0.3) is 44.3 Å². The van der Waals surface area contributed by atoms with Gasteiger partial charge >= 0.3 is 0 Å². The lowest BCUT2D eigenvalue weighted by Crippen LogP contribution is -1.95. The van der Waals surface area contributed by atoms with Gasteiger partial charge in [-0.15, -0.1) is 11.3 Å². The van der Waals surface area contributed by atoms with E-state index in [1.54, 1.807) is 11.3 Å². The predicted octanol–water partition coefficient (Wildman–Crippen LogP) is 4.58. The molecule has 5 rings (SSSR count). The third kappa shape index (κ3) is 1.55. The van der Waals surface area contributed by atoms with E-state index in [0.29, 0.717) is 0 Å². The minimum Gasteiger partial charge on any atom is -0.388 e. The van der Waals surface area contributed by atoms with Crippen molar-refractivity contribution in [2.45, 2.75) is 0 Å². The van der Waals surface area contributed by atoms with Crippen LogP contribution in [-0.2, 0) is 0 Å². The van der Waals surface area contributed by atoms with Crippen LogP contribution in [0.5, 0.6) is 0 Å². The molecule has 112 valence electrons. The van der Waals surface area contributed by atoms with Crippen LogP contribution < -0.4 is 10.6 Å². The molecule has 0 saturated carbocycles. The summed E-state index contributed by atoms with van der Waals surface area (Å²) >= 11 is 1.65. The topological polar surface area (TPSA) is 49.8 Å². The van der Waals surface area contributed by atoms with Gasteiger partial charge < -0.3 is 10.6 Å². The number of hydrogen-bond acceptors (Lipinski definition) is 5. The number of benzene rings is 2. The summed E-state index contributed by atoms with van der Waals surface area (Å²) in [5.41, 5.74) is 8.50. The molecule has 4 aromatic rings. The van der Waals surface area contributed by atoms with Gasteiger partial charge in [-0.25, -0.2) is 9.97 Å². The zero-order valence-corrected chi connectivity index (χ0v) is 13.6. The molecular formula is C18H14N4S. The van der Waals surface area contributed by atoms with E-state index in [4.69, 9.17) is 9.97 Å². The van der Waals surface area contributed by atoms with E-state index in [-0.39, 0.29) is 0 Å². The van der Waals surface area contributed by atoms with Gasteiger partial charge in [0.2, 0.25) is 0 Å². The standard InChI is InChI=1S/C18H14N4S/c1-19-11-5-3-9-15-10(4-6-12(20-2)16(11)15)18-17(9)21-13-7-23-8-14(13)22-18/h3-8,19-20H,1-2H3. The fourth-order valence-corrected chi connectivity index (χ4v) is 4.15. The summed E-state index contributed by atoms with van der Waals surface area (Å²) in [5, 5.41) is 13.2. The smallest absolute Gasteiger partial charge is 0.100 e. The Morgan fingerprint density at radius 2 is 1.26 bits per heavy atom. The highest BCUT2D eigenvalue weighted by Crippen LogP contribution is 2.49. The Bertz CT molecular complexity index is 1020. The Labute approximate surface area is 137 Å². The minimum atomic E-state index is 0.973. The Morgan fingerprint density at radius 3 is 1.74 bits per heavy atom. The van der Waals surface area contributed by atoms with Crippen LogP contribution in [0, 0.1) is 0 Å². The molecule has 23 heavy (non-hydrogen) atoms. The third-order valence-corrected chi connectivity index (χ3v) is 5.24. The first-order valence-electron chi connectivity index (χ1n) is 7.51. The van der Waals surface area contributed by atoms with Crippen LogP contribution in [-0.4, -0.2) is 24.1 Å². The molecule has 2 heterocycles. The average molecular weight is 318 g/mol. The fourth-order valence-electron chi connectivity index (χ4n) is 3.48. The van der Waals surface area contributed by atoms with Gasteiger partial charge in [-0.3, -0.25) is 0 Å². The Hall–Kier alpha value is -2.66. The van der Waals surface area contributed by atoms with E-state index >= 15 is 0 Å². The molecule has 0 saturated heterocycles. The van der Waals surface area contributed by atoms with Gasteiger partial charge in [-0.1, -0.05) is 12.1 Å². The van der Waals surface area contributed by atoms with Crippen molar-refractivity contribution in [3.05, 3.63) is 35.0 Å². The lowest BCUT2D eigenvalue weighted by atomic mass is 10.0. The fraction of sp³-hybridized carbons (Fsp3) is 0.111. The SMILES string of the molecule is CNc1ccc2c3c(ccc(NC)c13)-c1nc3cscc3nc1-2. The summed E-state index contributed by atoms with van der Waals surface area (Å²) in [5.74, 6) is 0. The molecule has 0 spiro atoms. The molecule has 0 fully saturated rings. The second kappa shape index (κ2) is 4.43. The Morgan fingerprint density at radius 1 is 0.739 bits per heavy atom. The second-order valence-corrected chi connectivity index (χ2v) is 6.38. The van der Waals surface area contributed by atoms with Gasteiger partial charge in [0.05, 0.1) is 11.4 Å². The van der Waals surface area contributed by atoms with E-state index in [2.05, 4.69) is 45.7 Å². The summed E-state index contributed by atoms with van der Waals surface area (Å²) in [7, 11) is 3.91. The van der Waals surface area contributed by atoms with Crippen LogP contribution in [0.3, 0.4) is 0 Å². The molecular weight excluding hydrogens is 304 g/mol. The van der Waals surface area contributed by atoms with E-state index in [1.165, 1.54) is 21.9 Å². The molecule has 0 radical (unpaired) electrons. The lowest BCUT2D eigenvalue weighted by Gasteiger charge is -2.12. The number of hydrogen-bond donors (Lipinski definition) is 2. The van der Waals surface area contributed by atoms with Crippen LogP contribution in [0.1, 0.15) is 0 Å². The first-order chi connectivity index (χ1) is 11.3. The van der Waals surface area contributed by atoms with Crippen molar-refractivity contribution in [3.8, 4) is 22.5 Å². The quantitative estimate of drug-likeness (QED) is 0.500. The second-order valence-electron chi connectivity index (χ2n) is 5.63. The number of nitrogens with zero attached hydrogens (tertiary/aromatic N) is 2. The Balaban J connectivity index is 1.98. The van der Waals surface area contributed by atoms with Crippen molar-refractivity contribution >= 4 is 44.5 Å². The highest BCUT2D eigenvalue weighted by atomic mass is 32.1. The number of rotatable bonds is 2. The number of thiophene rings is 1. The van der Waals surface area contributed by atoms with Crippen LogP contribution in [0.2, 0.25) is 0 Å². The lowest BCUT2D eigenvalue weighted by molar-refractivity contribution is 1.33. The molecule has 0 amide bonds. The van der Waals surface area contributed by atoms with Crippen LogP contribution in [0.4, 0.5) is 11.4 Å². The minimum absolute atomic E-state index is 0.973. The summed E-state index contributed by atoms with van der Waals surface area (Å²) in [4.78, 5) is 9.75. The van der Waals surface area contributed by atoms with Crippen molar-refractivity contribution in [1.29, 1.82) is 0 Å². The third-order valence-electron chi connectivity index (χ3n) is 4.52. The maximum absolute atomic E-state index is 4.87. The molecule has 1 aliphatic rings. The van der Waals surface area contributed by atoms with E-state index in [9.17, 15) is 0 Å². The molecule has 2 N–H and O–H groups in total. The number of aromatic nitrogens is 2. The first-order valence-corrected chi connectivity index (χ1v) is 8.46. The summed E-state index contributed by atoms with van der Waals surface area (Å²) in [6.07, 6.45) is 0. The molecule has 5 heteroatoms. The van der Waals surface area contributed by atoms with Crippen LogP contribution >= 0.6 is 11.3 Å². The van der Waals surface area contributed by atoms with Crippen molar-refractivity contribution in [2.24, 2.45) is 0 Å². The summed E-state index contributed by atoms with van der Waals surface area (Å²) in [6, 6.07) is 8.54. The van der Waals surface area contributed by atoms with Gasteiger partial charge in [0.15, 0.2) is 0 Å². The predicted molar refractivity (Wildman–Crippen MR) is 98.4 cm³/mol. The van der Waals surface area contributed by atoms with Gasteiger partial charge in [0.25, 0.3) is 0 Å².